The van der Waals surface area contributed by atoms with Gasteiger partial charge in [-0.1, -0.05) is 50.0 Å². The molecule has 1 atom stereocenters. The van der Waals surface area contributed by atoms with E-state index in [-0.39, 0.29) is 5.92 Å². The molecule has 2 heteroatoms. The van der Waals surface area contributed by atoms with Gasteiger partial charge in [0.25, 0.3) is 0 Å². The number of rotatable bonds is 7. The average Bonchev–Trinajstić information content (AvgIpc) is 3.05. The Balaban J connectivity index is 2.07. The molecule has 2 nitrogen and oxygen atoms in total. The van der Waals surface area contributed by atoms with Crippen LogP contribution >= 0.6 is 0 Å². The van der Waals surface area contributed by atoms with E-state index < -0.39 is 0 Å². The second-order valence-electron chi connectivity index (χ2n) is 6.12. The van der Waals surface area contributed by atoms with Crippen molar-refractivity contribution in [1.29, 1.82) is 0 Å². The van der Waals surface area contributed by atoms with E-state index in [9.17, 15) is 4.79 Å². The fraction of sp³-hybridized carbons (Fsp3) is 0.450. The second kappa shape index (κ2) is 8.70. The molecule has 0 radical (unpaired) electrons. The van der Waals surface area contributed by atoms with Gasteiger partial charge in [-0.25, -0.2) is 0 Å². The van der Waals surface area contributed by atoms with Crippen LogP contribution in [0, 0.1) is 5.92 Å². The average molecular weight is 297 g/mol. The molecular formula is C20H27NO. The molecule has 118 valence electrons. The van der Waals surface area contributed by atoms with Gasteiger partial charge in [0.2, 0.25) is 0 Å². The number of likely N-dealkylation sites (tertiary alicyclic amines) is 1. The van der Waals surface area contributed by atoms with Crippen molar-refractivity contribution in [2.75, 3.05) is 19.6 Å². The van der Waals surface area contributed by atoms with Crippen LogP contribution in [0.3, 0.4) is 0 Å². The van der Waals surface area contributed by atoms with E-state index in [0.29, 0.717) is 0 Å². The van der Waals surface area contributed by atoms with Crippen LogP contribution in [0.1, 0.15) is 32.6 Å². The summed E-state index contributed by atoms with van der Waals surface area (Å²) in [5.41, 5.74) is 3.18. The molecular weight excluding hydrogens is 270 g/mol. The monoisotopic (exact) mass is 297 g/mol. The molecule has 0 spiro atoms. The summed E-state index contributed by atoms with van der Waals surface area (Å²) in [4.78, 5) is 13.4. The van der Waals surface area contributed by atoms with Gasteiger partial charge in [-0.3, -0.25) is 9.69 Å². The first-order chi connectivity index (χ1) is 10.7. The number of hydrogen-bond acceptors (Lipinski definition) is 2. The highest BCUT2D eigenvalue weighted by molar-refractivity contribution is 5.78. The molecule has 1 saturated heterocycles. The predicted molar refractivity (Wildman–Crippen MR) is 93.7 cm³/mol. The zero-order chi connectivity index (χ0) is 15.8. The van der Waals surface area contributed by atoms with Crippen molar-refractivity contribution < 1.29 is 4.79 Å². The predicted octanol–water partition coefficient (Wildman–Crippen LogP) is 4.23. The third-order valence-corrected chi connectivity index (χ3v) is 4.25. The Kier molecular flexibility index (Phi) is 6.60. The number of hydrogen-bond donors (Lipinski definition) is 0. The van der Waals surface area contributed by atoms with E-state index in [2.05, 4.69) is 42.7 Å². The number of allylic oxidation sites excluding steroid dienone is 7. The van der Waals surface area contributed by atoms with Crippen LogP contribution < -0.4 is 0 Å². The SMILES string of the molecule is C=C(/C=C(\C=C/CC)CN1CCCC1)C1C=C(C=O)C=CC1. The Morgan fingerprint density at radius 3 is 2.86 bits per heavy atom. The lowest BCUT2D eigenvalue weighted by atomic mass is 9.89. The number of carbonyl (C=O) groups excluding carboxylic acids is 1. The van der Waals surface area contributed by atoms with Gasteiger partial charge in [0.05, 0.1) is 0 Å². The van der Waals surface area contributed by atoms with Crippen molar-refractivity contribution in [3.05, 3.63) is 59.8 Å². The van der Waals surface area contributed by atoms with E-state index in [4.69, 9.17) is 0 Å². The zero-order valence-electron chi connectivity index (χ0n) is 13.6. The smallest absolute Gasteiger partial charge is 0.149 e. The summed E-state index contributed by atoms with van der Waals surface area (Å²) in [6.07, 6.45) is 18.2. The lowest BCUT2D eigenvalue weighted by Gasteiger charge is -2.19. The van der Waals surface area contributed by atoms with Gasteiger partial charge in [-0.2, -0.15) is 0 Å². The highest BCUT2D eigenvalue weighted by Crippen LogP contribution is 2.24. The van der Waals surface area contributed by atoms with Gasteiger partial charge >= 0.3 is 0 Å². The summed E-state index contributed by atoms with van der Waals surface area (Å²) in [5.74, 6) is 0.244. The topological polar surface area (TPSA) is 20.3 Å². The summed E-state index contributed by atoms with van der Waals surface area (Å²) in [6.45, 7) is 9.80. The molecule has 0 amide bonds. The zero-order valence-corrected chi connectivity index (χ0v) is 13.6. The third kappa shape index (κ3) is 4.96. The molecule has 0 N–H and O–H groups in total. The van der Waals surface area contributed by atoms with Gasteiger partial charge in [-0.05, 0) is 49.9 Å². The maximum Gasteiger partial charge on any atom is 0.149 e. The molecule has 2 rings (SSSR count). The van der Waals surface area contributed by atoms with E-state index in [1.807, 2.05) is 12.2 Å². The van der Waals surface area contributed by atoms with Crippen LogP contribution in [0.4, 0.5) is 0 Å². The van der Waals surface area contributed by atoms with Crippen molar-refractivity contribution in [1.82, 2.24) is 4.90 Å². The van der Waals surface area contributed by atoms with E-state index in [1.54, 1.807) is 0 Å². The van der Waals surface area contributed by atoms with Gasteiger partial charge in [0, 0.05) is 18.0 Å². The lowest BCUT2D eigenvalue weighted by Crippen LogP contribution is -2.21. The van der Waals surface area contributed by atoms with Crippen LogP contribution in [0.5, 0.6) is 0 Å². The van der Waals surface area contributed by atoms with Crippen LogP contribution in [0.15, 0.2) is 59.8 Å². The highest BCUT2D eigenvalue weighted by atomic mass is 16.1. The fourth-order valence-electron chi connectivity index (χ4n) is 3.00. The third-order valence-electron chi connectivity index (χ3n) is 4.25. The molecule has 1 heterocycles. The summed E-state index contributed by atoms with van der Waals surface area (Å²) in [6, 6.07) is 0. The van der Waals surface area contributed by atoms with E-state index >= 15 is 0 Å². The molecule has 0 bridgehead atoms. The minimum absolute atomic E-state index is 0.244. The first-order valence-corrected chi connectivity index (χ1v) is 8.34. The lowest BCUT2D eigenvalue weighted by molar-refractivity contribution is -0.104. The molecule has 0 aromatic rings. The van der Waals surface area contributed by atoms with Crippen molar-refractivity contribution >= 4 is 6.29 Å². The quantitative estimate of drug-likeness (QED) is 0.517. The van der Waals surface area contributed by atoms with Gasteiger partial charge in [-0.15, -0.1) is 0 Å². The molecule has 0 saturated carbocycles. The maximum absolute atomic E-state index is 10.9. The normalized spacial score (nSPS) is 23.0. The van der Waals surface area contributed by atoms with Crippen molar-refractivity contribution in [3.63, 3.8) is 0 Å². The fourth-order valence-corrected chi connectivity index (χ4v) is 3.00. The molecule has 1 aliphatic carbocycles. The summed E-state index contributed by atoms with van der Waals surface area (Å²) < 4.78 is 0. The molecule has 0 aromatic carbocycles. The van der Waals surface area contributed by atoms with Crippen LogP contribution in [-0.4, -0.2) is 30.8 Å². The molecule has 22 heavy (non-hydrogen) atoms. The summed E-state index contributed by atoms with van der Waals surface area (Å²) in [7, 11) is 0. The van der Waals surface area contributed by atoms with Crippen LogP contribution in [0.25, 0.3) is 0 Å². The maximum atomic E-state index is 10.9. The molecule has 1 fully saturated rings. The minimum Gasteiger partial charge on any atom is -0.299 e. The largest absolute Gasteiger partial charge is 0.299 e. The highest BCUT2D eigenvalue weighted by Gasteiger charge is 2.14. The van der Waals surface area contributed by atoms with Crippen LogP contribution in [-0.2, 0) is 4.79 Å². The van der Waals surface area contributed by atoms with Crippen LogP contribution in [0.2, 0.25) is 0 Å². The summed E-state index contributed by atoms with van der Waals surface area (Å²) >= 11 is 0. The Bertz CT molecular complexity index is 516. The van der Waals surface area contributed by atoms with E-state index in [0.717, 1.165) is 36.8 Å². The first-order valence-electron chi connectivity index (χ1n) is 8.34. The van der Waals surface area contributed by atoms with Crippen molar-refractivity contribution in [3.8, 4) is 0 Å². The summed E-state index contributed by atoms with van der Waals surface area (Å²) in [5, 5.41) is 0. The van der Waals surface area contributed by atoms with Gasteiger partial charge < -0.3 is 0 Å². The number of nitrogens with zero attached hydrogens (tertiary/aromatic N) is 1. The molecule has 1 unspecified atom stereocenters. The molecule has 0 aromatic heterocycles. The standard InChI is InChI=1S/C20H27NO/c1-3-4-8-18(15-21-11-5-6-12-21)13-17(2)20-10-7-9-19(14-20)16-22/h4,7-9,13-14,16,20H,2-3,5-6,10-12,15H2,1H3/b8-4-,18-13+. The van der Waals surface area contributed by atoms with Crippen molar-refractivity contribution in [2.45, 2.75) is 32.6 Å². The molecule has 2 aliphatic rings. The Morgan fingerprint density at radius 1 is 1.41 bits per heavy atom. The second-order valence-corrected chi connectivity index (χ2v) is 6.12. The van der Waals surface area contributed by atoms with Gasteiger partial charge in [0.15, 0.2) is 0 Å². The molecule has 1 aliphatic heterocycles. The Morgan fingerprint density at radius 2 is 2.18 bits per heavy atom. The first kappa shape index (κ1) is 16.7. The Labute approximate surface area is 134 Å². The minimum atomic E-state index is 0.244. The van der Waals surface area contributed by atoms with Gasteiger partial charge in [0.1, 0.15) is 6.29 Å². The Hall–Kier alpha value is -1.67. The number of carbonyl (C=O) groups is 1. The van der Waals surface area contributed by atoms with E-state index in [1.165, 1.54) is 31.5 Å². The number of aldehydes is 1. The van der Waals surface area contributed by atoms with Crippen molar-refractivity contribution in [2.24, 2.45) is 5.92 Å².